The maximum Gasteiger partial charge on any atom is 0.252 e. The molecule has 110 valence electrons. The van der Waals surface area contributed by atoms with Gasteiger partial charge in [-0.15, -0.1) is 11.3 Å². The van der Waals surface area contributed by atoms with E-state index in [1.165, 1.54) is 11.3 Å². The fraction of sp³-hybridized carbons (Fsp3) is 0.312. The molecule has 1 atom stereocenters. The molecule has 0 bridgehead atoms. The van der Waals surface area contributed by atoms with Crippen molar-refractivity contribution in [3.63, 3.8) is 0 Å². The van der Waals surface area contributed by atoms with Crippen molar-refractivity contribution in [3.05, 3.63) is 46.0 Å². The van der Waals surface area contributed by atoms with Crippen LogP contribution in [0.1, 0.15) is 34.3 Å². The van der Waals surface area contributed by atoms with Gasteiger partial charge in [0.05, 0.1) is 16.7 Å². The van der Waals surface area contributed by atoms with Crippen molar-refractivity contribution in [2.24, 2.45) is 0 Å². The summed E-state index contributed by atoms with van der Waals surface area (Å²) in [6, 6.07) is 5.59. The molecule has 0 aliphatic rings. The molecule has 21 heavy (non-hydrogen) atoms. The largest absolute Gasteiger partial charge is 0.469 e. The predicted octanol–water partition coefficient (Wildman–Crippen LogP) is 2.44. The number of hydrogen-bond donors (Lipinski definition) is 2. The van der Waals surface area contributed by atoms with E-state index in [9.17, 15) is 4.79 Å². The first kappa shape index (κ1) is 15.4. The molecule has 0 fully saturated rings. The third-order valence-electron chi connectivity index (χ3n) is 2.93. The minimum atomic E-state index is -0.177. The number of thiophene rings is 1. The normalized spacial score (nSPS) is 11.5. The average molecular weight is 303 g/mol. The zero-order valence-corrected chi connectivity index (χ0v) is 12.6. The Labute approximate surface area is 127 Å². The van der Waals surface area contributed by atoms with E-state index in [-0.39, 0.29) is 18.6 Å². The van der Waals surface area contributed by atoms with Crippen LogP contribution in [0.15, 0.2) is 34.3 Å². The monoisotopic (exact) mass is 303 g/mol. The zero-order chi connectivity index (χ0) is 15.1. The number of aliphatic hydroxyl groups is 1. The molecule has 0 aliphatic carbocycles. The Morgan fingerprint density at radius 3 is 3.14 bits per heavy atom. The third kappa shape index (κ3) is 4.78. The summed E-state index contributed by atoms with van der Waals surface area (Å²) in [5.41, 5.74) is 0.604. The summed E-state index contributed by atoms with van der Waals surface area (Å²) < 4.78 is 5.27. The molecule has 2 aromatic rings. The van der Waals surface area contributed by atoms with Gasteiger partial charge in [0.1, 0.15) is 12.4 Å². The van der Waals surface area contributed by atoms with E-state index < -0.39 is 0 Å². The highest BCUT2D eigenvalue weighted by atomic mass is 32.1. The van der Waals surface area contributed by atoms with Gasteiger partial charge in [0.2, 0.25) is 0 Å². The molecule has 2 rings (SSSR count). The maximum atomic E-state index is 12.1. The standard InChI is InChI=1S/C16H17NO3S/c1-12(6-7-14-4-3-9-20-14)17-16(19)13-10-15(21-11-13)5-2-8-18/h3-4,9-12,18H,6-8H2,1H3,(H,17,19). The van der Waals surface area contributed by atoms with Crippen LogP contribution < -0.4 is 5.32 Å². The Kier molecular flexibility index (Phi) is 5.61. The highest BCUT2D eigenvalue weighted by Crippen LogP contribution is 2.14. The van der Waals surface area contributed by atoms with E-state index in [1.807, 2.05) is 19.1 Å². The van der Waals surface area contributed by atoms with E-state index in [2.05, 4.69) is 17.2 Å². The molecular weight excluding hydrogens is 286 g/mol. The van der Waals surface area contributed by atoms with Crippen molar-refractivity contribution in [1.82, 2.24) is 5.32 Å². The van der Waals surface area contributed by atoms with Gasteiger partial charge in [-0.1, -0.05) is 11.8 Å². The number of rotatable bonds is 5. The summed E-state index contributed by atoms with van der Waals surface area (Å²) in [7, 11) is 0. The number of nitrogens with one attached hydrogen (secondary N) is 1. The Hall–Kier alpha value is -2.03. The van der Waals surface area contributed by atoms with Crippen molar-refractivity contribution < 1.29 is 14.3 Å². The Balaban J connectivity index is 1.84. The van der Waals surface area contributed by atoms with Crippen LogP contribution in [0.5, 0.6) is 0 Å². The third-order valence-corrected chi connectivity index (χ3v) is 3.78. The molecule has 1 unspecified atom stereocenters. The van der Waals surface area contributed by atoms with Gasteiger partial charge < -0.3 is 14.8 Å². The number of aryl methyl sites for hydroxylation is 1. The SMILES string of the molecule is CC(CCc1ccco1)NC(=O)c1csc(C#CCO)c1. The van der Waals surface area contributed by atoms with E-state index in [1.54, 1.807) is 17.7 Å². The van der Waals surface area contributed by atoms with Gasteiger partial charge in [0.15, 0.2) is 0 Å². The smallest absolute Gasteiger partial charge is 0.252 e. The lowest BCUT2D eigenvalue weighted by molar-refractivity contribution is 0.0938. The molecule has 0 spiro atoms. The minimum Gasteiger partial charge on any atom is -0.469 e. The maximum absolute atomic E-state index is 12.1. The molecule has 2 N–H and O–H groups in total. The van der Waals surface area contributed by atoms with Crippen molar-refractivity contribution in [2.75, 3.05) is 6.61 Å². The number of hydrogen-bond acceptors (Lipinski definition) is 4. The molecule has 2 heterocycles. The molecule has 0 aliphatic heterocycles. The highest BCUT2D eigenvalue weighted by molar-refractivity contribution is 7.10. The fourth-order valence-electron chi connectivity index (χ4n) is 1.84. The molecule has 0 saturated carbocycles. The van der Waals surface area contributed by atoms with Crippen LogP contribution in [0.25, 0.3) is 0 Å². The van der Waals surface area contributed by atoms with E-state index in [0.29, 0.717) is 5.56 Å². The van der Waals surface area contributed by atoms with Crippen molar-refractivity contribution >= 4 is 17.2 Å². The lowest BCUT2D eigenvalue weighted by atomic mass is 10.1. The summed E-state index contributed by atoms with van der Waals surface area (Å²) in [5.74, 6) is 6.18. The summed E-state index contributed by atoms with van der Waals surface area (Å²) in [5, 5.41) is 13.4. The molecule has 5 heteroatoms. The Bertz CT molecular complexity index is 634. The molecule has 0 saturated heterocycles. The second-order valence-corrected chi connectivity index (χ2v) is 5.56. The van der Waals surface area contributed by atoms with E-state index in [0.717, 1.165) is 23.5 Å². The second-order valence-electron chi connectivity index (χ2n) is 4.65. The topological polar surface area (TPSA) is 62.5 Å². The van der Waals surface area contributed by atoms with Crippen LogP contribution in [0.2, 0.25) is 0 Å². The first-order chi connectivity index (χ1) is 10.2. The molecule has 2 aromatic heterocycles. The van der Waals surface area contributed by atoms with Crippen LogP contribution >= 0.6 is 11.3 Å². The first-order valence-electron chi connectivity index (χ1n) is 6.70. The Morgan fingerprint density at radius 2 is 2.43 bits per heavy atom. The number of furan rings is 1. The van der Waals surface area contributed by atoms with Crippen LogP contribution in [0.3, 0.4) is 0 Å². The molecule has 0 aromatic carbocycles. The summed E-state index contributed by atoms with van der Waals surface area (Å²) in [6.07, 6.45) is 3.27. The van der Waals surface area contributed by atoms with E-state index >= 15 is 0 Å². The van der Waals surface area contributed by atoms with Gasteiger partial charge in [-0.3, -0.25) is 4.79 Å². The zero-order valence-electron chi connectivity index (χ0n) is 11.8. The van der Waals surface area contributed by atoms with E-state index in [4.69, 9.17) is 9.52 Å². The van der Waals surface area contributed by atoms with Crippen molar-refractivity contribution in [1.29, 1.82) is 0 Å². The molecule has 1 amide bonds. The predicted molar refractivity (Wildman–Crippen MR) is 82.2 cm³/mol. The van der Waals surface area contributed by atoms with Gasteiger partial charge in [-0.05, 0) is 31.5 Å². The number of amides is 1. The van der Waals surface area contributed by atoms with Gasteiger partial charge >= 0.3 is 0 Å². The lowest BCUT2D eigenvalue weighted by Crippen LogP contribution is -2.32. The summed E-state index contributed by atoms with van der Waals surface area (Å²) in [6.45, 7) is 1.79. The fourth-order valence-corrected chi connectivity index (χ4v) is 2.60. The van der Waals surface area contributed by atoms with Crippen LogP contribution in [-0.4, -0.2) is 23.7 Å². The number of carbonyl (C=O) groups is 1. The minimum absolute atomic E-state index is 0.0643. The summed E-state index contributed by atoms with van der Waals surface area (Å²) in [4.78, 5) is 12.9. The quantitative estimate of drug-likeness (QED) is 0.834. The summed E-state index contributed by atoms with van der Waals surface area (Å²) >= 11 is 1.40. The van der Waals surface area contributed by atoms with Gasteiger partial charge in [0.25, 0.3) is 5.91 Å². The van der Waals surface area contributed by atoms with Gasteiger partial charge in [0, 0.05) is 17.8 Å². The molecule has 4 nitrogen and oxygen atoms in total. The van der Waals surface area contributed by atoms with Crippen molar-refractivity contribution in [3.8, 4) is 11.8 Å². The van der Waals surface area contributed by atoms with Gasteiger partial charge in [-0.25, -0.2) is 0 Å². The van der Waals surface area contributed by atoms with Crippen molar-refractivity contribution in [2.45, 2.75) is 25.8 Å². The first-order valence-corrected chi connectivity index (χ1v) is 7.58. The molecule has 0 radical (unpaired) electrons. The number of aliphatic hydroxyl groups excluding tert-OH is 1. The van der Waals surface area contributed by atoms with Gasteiger partial charge in [-0.2, -0.15) is 0 Å². The van der Waals surface area contributed by atoms with Crippen LogP contribution in [-0.2, 0) is 6.42 Å². The molecular formula is C16H17NO3S. The average Bonchev–Trinajstić information content (AvgIpc) is 3.14. The van der Waals surface area contributed by atoms with Crippen LogP contribution in [0.4, 0.5) is 0 Å². The Morgan fingerprint density at radius 1 is 1.57 bits per heavy atom. The number of carbonyl (C=O) groups excluding carboxylic acids is 1. The lowest BCUT2D eigenvalue weighted by Gasteiger charge is -2.12. The second kappa shape index (κ2) is 7.67. The highest BCUT2D eigenvalue weighted by Gasteiger charge is 2.12. The van der Waals surface area contributed by atoms with Crippen LogP contribution in [0, 0.1) is 11.8 Å².